The lowest BCUT2D eigenvalue weighted by molar-refractivity contribution is 0.448. The molecule has 0 heterocycles. The van der Waals surface area contributed by atoms with E-state index in [1.54, 1.807) is 0 Å². The van der Waals surface area contributed by atoms with Crippen LogP contribution < -0.4 is 0 Å². The molecule has 21 heavy (non-hydrogen) atoms. The third-order valence-corrected chi connectivity index (χ3v) is 4.39. The molecule has 0 aromatic heterocycles. The van der Waals surface area contributed by atoms with E-state index in [-0.39, 0.29) is 5.75 Å². The Morgan fingerprint density at radius 3 is 2.14 bits per heavy atom. The lowest BCUT2D eigenvalue weighted by Gasteiger charge is -2.14. The van der Waals surface area contributed by atoms with E-state index >= 15 is 0 Å². The second-order valence-electron chi connectivity index (χ2n) is 6.17. The summed E-state index contributed by atoms with van der Waals surface area (Å²) in [5.41, 5.74) is 3.02. The van der Waals surface area contributed by atoms with Crippen molar-refractivity contribution >= 4 is 6.08 Å². The van der Waals surface area contributed by atoms with Gasteiger partial charge in [0.05, 0.1) is 0 Å². The molecule has 1 atom stereocenters. The lowest BCUT2D eigenvalue weighted by Crippen LogP contribution is -1.94. The van der Waals surface area contributed by atoms with Crippen LogP contribution in [-0.4, -0.2) is 10.2 Å². The Bertz CT molecular complexity index is 472. The second kappa shape index (κ2) is 8.11. The van der Waals surface area contributed by atoms with Crippen LogP contribution in [0.2, 0.25) is 0 Å². The Labute approximate surface area is 129 Å². The minimum absolute atomic E-state index is 0.289. The first-order chi connectivity index (χ1) is 9.90. The summed E-state index contributed by atoms with van der Waals surface area (Å²) < 4.78 is 0. The molecule has 0 aliphatic heterocycles. The fraction of sp³-hybridized carbons (Fsp3) is 0.579. The van der Waals surface area contributed by atoms with E-state index in [9.17, 15) is 10.2 Å². The van der Waals surface area contributed by atoms with Gasteiger partial charge in [0.1, 0.15) is 11.5 Å². The summed E-state index contributed by atoms with van der Waals surface area (Å²) in [7, 11) is 0. The molecule has 1 aromatic rings. The van der Waals surface area contributed by atoms with Crippen LogP contribution in [0.5, 0.6) is 11.5 Å². The van der Waals surface area contributed by atoms with E-state index in [4.69, 9.17) is 0 Å². The molecule has 0 amide bonds. The van der Waals surface area contributed by atoms with Crippen molar-refractivity contribution in [3.05, 3.63) is 28.3 Å². The van der Waals surface area contributed by atoms with Gasteiger partial charge in [0, 0.05) is 11.1 Å². The summed E-state index contributed by atoms with van der Waals surface area (Å²) in [5.74, 6) is 1.07. The monoisotopic (exact) mass is 290 g/mol. The highest BCUT2D eigenvalue weighted by molar-refractivity contribution is 5.68. The van der Waals surface area contributed by atoms with Crippen molar-refractivity contribution in [2.75, 3.05) is 0 Å². The molecule has 2 N–H and O–H groups in total. The van der Waals surface area contributed by atoms with E-state index in [0.29, 0.717) is 11.7 Å². The number of hydrogen-bond donors (Lipinski definition) is 2. The maximum Gasteiger partial charge on any atom is 0.126 e. The Kier molecular flexibility index (Phi) is 6.80. The molecule has 0 fully saturated rings. The van der Waals surface area contributed by atoms with Crippen molar-refractivity contribution in [3.8, 4) is 11.5 Å². The number of aromatic hydroxyl groups is 2. The largest absolute Gasteiger partial charge is 0.507 e. The van der Waals surface area contributed by atoms with Crippen LogP contribution in [0, 0.1) is 26.7 Å². The van der Waals surface area contributed by atoms with Crippen molar-refractivity contribution in [1.29, 1.82) is 0 Å². The number of unbranched alkanes of at least 4 members (excludes halogenated alkanes) is 3. The summed E-state index contributed by atoms with van der Waals surface area (Å²) in [4.78, 5) is 0. The van der Waals surface area contributed by atoms with Crippen LogP contribution in [-0.2, 0) is 0 Å². The van der Waals surface area contributed by atoms with Gasteiger partial charge in [-0.15, -0.1) is 0 Å². The van der Waals surface area contributed by atoms with Crippen LogP contribution in [0.25, 0.3) is 6.08 Å². The molecule has 0 saturated heterocycles. The average molecular weight is 290 g/mol. The molecule has 118 valence electrons. The summed E-state index contributed by atoms with van der Waals surface area (Å²) in [6.07, 6.45) is 10.4. The van der Waals surface area contributed by atoms with Gasteiger partial charge in [0.25, 0.3) is 0 Å². The molecular weight excluding hydrogens is 260 g/mol. The maximum atomic E-state index is 10.3. The van der Waals surface area contributed by atoms with Crippen LogP contribution in [0.3, 0.4) is 0 Å². The van der Waals surface area contributed by atoms with Crippen molar-refractivity contribution in [1.82, 2.24) is 0 Å². The Morgan fingerprint density at radius 1 is 0.905 bits per heavy atom. The van der Waals surface area contributed by atoms with Gasteiger partial charge >= 0.3 is 0 Å². The first kappa shape index (κ1) is 17.6. The minimum Gasteiger partial charge on any atom is -0.507 e. The fourth-order valence-electron chi connectivity index (χ4n) is 2.60. The molecule has 2 heteroatoms. The Balaban J connectivity index is 2.81. The molecule has 1 unspecified atom stereocenters. The van der Waals surface area contributed by atoms with Crippen molar-refractivity contribution < 1.29 is 10.2 Å². The predicted molar refractivity (Wildman–Crippen MR) is 90.9 cm³/mol. The standard InChI is InChI=1S/C19H30O2/c1-6-7-8-9-10-13(2)11-12-17-16(5)18(20)14(3)15(4)19(17)21/h11-13,20-21H,6-10H2,1-5H3. The molecule has 0 bridgehead atoms. The topological polar surface area (TPSA) is 40.5 Å². The predicted octanol–water partition coefficient (Wildman–Crippen LogP) is 5.64. The highest BCUT2D eigenvalue weighted by Crippen LogP contribution is 2.37. The number of benzene rings is 1. The Hall–Kier alpha value is -1.44. The summed E-state index contributed by atoms with van der Waals surface area (Å²) >= 11 is 0. The molecule has 0 spiro atoms. The van der Waals surface area contributed by atoms with E-state index in [1.165, 1.54) is 32.1 Å². The van der Waals surface area contributed by atoms with Crippen LogP contribution in [0.4, 0.5) is 0 Å². The van der Waals surface area contributed by atoms with Crippen LogP contribution >= 0.6 is 0 Å². The second-order valence-corrected chi connectivity index (χ2v) is 6.17. The normalized spacial score (nSPS) is 13.0. The average Bonchev–Trinajstić information content (AvgIpc) is 2.47. The molecule has 0 saturated carbocycles. The number of rotatable bonds is 7. The van der Waals surface area contributed by atoms with Crippen molar-refractivity contribution in [2.45, 2.75) is 66.7 Å². The van der Waals surface area contributed by atoms with Crippen LogP contribution in [0.15, 0.2) is 6.08 Å². The lowest BCUT2D eigenvalue weighted by atomic mass is 9.95. The van der Waals surface area contributed by atoms with Gasteiger partial charge in [0.15, 0.2) is 0 Å². The van der Waals surface area contributed by atoms with Gasteiger partial charge in [-0.3, -0.25) is 0 Å². The number of allylic oxidation sites excluding steroid dienone is 1. The molecule has 0 aliphatic carbocycles. The maximum absolute atomic E-state index is 10.3. The first-order valence-corrected chi connectivity index (χ1v) is 8.10. The van der Waals surface area contributed by atoms with E-state index in [0.717, 1.165) is 22.3 Å². The van der Waals surface area contributed by atoms with Gasteiger partial charge in [-0.2, -0.15) is 0 Å². The zero-order valence-corrected chi connectivity index (χ0v) is 14.2. The molecular formula is C19H30O2. The summed E-state index contributed by atoms with van der Waals surface area (Å²) in [5, 5.41) is 20.4. The third kappa shape index (κ3) is 4.52. The SMILES string of the molecule is CCCCCCC(C)C=Cc1c(C)c(O)c(C)c(C)c1O. The van der Waals surface area contributed by atoms with E-state index in [2.05, 4.69) is 19.9 Å². The Morgan fingerprint density at radius 2 is 1.52 bits per heavy atom. The van der Waals surface area contributed by atoms with Crippen molar-refractivity contribution in [2.24, 2.45) is 5.92 Å². The quantitative estimate of drug-likeness (QED) is 0.503. The number of hydrogen-bond acceptors (Lipinski definition) is 2. The van der Waals surface area contributed by atoms with Gasteiger partial charge in [-0.05, 0) is 44.2 Å². The van der Waals surface area contributed by atoms with Gasteiger partial charge in [-0.25, -0.2) is 0 Å². The molecule has 0 radical (unpaired) electrons. The number of phenols is 2. The van der Waals surface area contributed by atoms with E-state index < -0.39 is 0 Å². The zero-order valence-electron chi connectivity index (χ0n) is 14.2. The summed E-state index contributed by atoms with van der Waals surface area (Å²) in [6, 6.07) is 0. The van der Waals surface area contributed by atoms with E-state index in [1.807, 2.05) is 26.8 Å². The zero-order chi connectivity index (χ0) is 16.0. The molecule has 0 aliphatic rings. The van der Waals surface area contributed by atoms with Gasteiger partial charge in [0.2, 0.25) is 0 Å². The van der Waals surface area contributed by atoms with Crippen LogP contribution in [0.1, 0.15) is 68.2 Å². The molecule has 2 nitrogen and oxygen atoms in total. The fourth-order valence-corrected chi connectivity index (χ4v) is 2.60. The van der Waals surface area contributed by atoms with Crippen molar-refractivity contribution in [3.63, 3.8) is 0 Å². The van der Waals surface area contributed by atoms with Gasteiger partial charge < -0.3 is 10.2 Å². The molecule has 1 aromatic carbocycles. The third-order valence-electron chi connectivity index (χ3n) is 4.39. The highest BCUT2D eigenvalue weighted by atomic mass is 16.3. The summed E-state index contributed by atoms with van der Waals surface area (Å²) in [6.45, 7) is 9.96. The smallest absolute Gasteiger partial charge is 0.126 e. The minimum atomic E-state index is 0.289. The number of phenolic OH excluding ortho intramolecular Hbond substituents is 2. The first-order valence-electron chi connectivity index (χ1n) is 8.10. The highest BCUT2D eigenvalue weighted by Gasteiger charge is 2.14. The van der Waals surface area contributed by atoms with Gasteiger partial charge in [-0.1, -0.05) is 51.7 Å². The molecule has 1 rings (SSSR count).